The minimum Gasteiger partial charge on any atom is -0.508 e. The van der Waals surface area contributed by atoms with Gasteiger partial charge in [0.25, 0.3) is 0 Å². The van der Waals surface area contributed by atoms with E-state index in [1.807, 2.05) is 6.20 Å². The summed E-state index contributed by atoms with van der Waals surface area (Å²) in [5.41, 5.74) is 0.640. The lowest BCUT2D eigenvalue weighted by atomic mass is 9.75. The Morgan fingerprint density at radius 1 is 1.13 bits per heavy atom. The second-order valence-corrected chi connectivity index (χ2v) is 14.5. The van der Waals surface area contributed by atoms with Crippen molar-refractivity contribution in [3.8, 4) is 41.2 Å². The number of benzene rings is 2. The van der Waals surface area contributed by atoms with Gasteiger partial charge in [-0.05, 0) is 72.9 Å². The fraction of sp³-hybridized carbons (Fsp3) is 0.421. The molecule has 5 heterocycles. The smallest absolute Gasteiger partial charge is 0.319 e. The van der Waals surface area contributed by atoms with Crippen LogP contribution in [0, 0.1) is 29.4 Å². The Morgan fingerprint density at radius 2 is 2.00 bits per heavy atom. The SMILES string of the molecule is C#Cc1c(F)ccc2cc(O)cc(-c3nc(OC)c4c(N5CCOCC(O)C5)nc(OCC56CCCC5N(Cc5cnsc5)CCC6)nc4c3F)c12. The van der Waals surface area contributed by atoms with Gasteiger partial charge in [-0.1, -0.05) is 18.4 Å². The van der Waals surface area contributed by atoms with Crippen molar-refractivity contribution in [1.29, 1.82) is 0 Å². The Bertz CT molecular complexity index is 2180. The number of anilines is 1. The van der Waals surface area contributed by atoms with E-state index >= 15 is 8.78 Å². The van der Waals surface area contributed by atoms with E-state index in [-0.39, 0.29) is 75.1 Å². The number of piperidine rings is 1. The van der Waals surface area contributed by atoms with E-state index in [0.717, 1.165) is 45.2 Å². The molecule has 3 unspecified atom stereocenters. The van der Waals surface area contributed by atoms with E-state index in [2.05, 4.69) is 30.5 Å². The number of β-amino-alcohol motifs (C(OH)–C–C–N with tert-alkyl or cyclic N) is 1. The predicted octanol–water partition coefficient (Wildman–Crippen LogP) is 5.69. The molecule has 3 aromatic heterocycles. The molecule has 2 saturated heterocycles. The zero-order chi connectivity index (χ0) is 36.0. The first-order chi connectivity index (χ1) is 25.3. The number of aromatic hydroxyl groups is 1. The number of pyridine rings is 1. The van der Waals surface area contributed by atoms with Crippen LogP contribution < -0.4 is 14.4 Å². The molecule has 1 saturated carbocycles. The molecule has 1 aliphatic carbocycles. The van der Waals surface area contributed by atoms with Crippen LogP contribution in [-0.4, -0.2) is 93.1 Å². The Morgan fingerprint density at radius 3 is 2.81 bits per heavy atom. The molecule has 3 fully saturated rings. The molecule has 3 atom stereocenters. The summed E-state index contributed by atoms with van der Waals surface area (Å²) in [5.74, 6) is 0.910. The third kappa shape index (κ3) is 6.15. The zero-order valence-corrected chi connectivity index (χ0v) is 29.5. The first-order valence-corrected chi connectivity index (χ1v) is 18.3. The molecule has 8 rings (SSSR count). The van der Waals surface area contributed by atoms with Gasteiger partial charge in [0.15, 0.2) is 5.82 Å². The number of phenols is 1. The van der Waals surface area contributed by atoms with Gasteiger partial charge in [-0.15, -0.1) is 6.42 Å². The fourth-order valence-electron chi connectivity index (χ4n) is 8.41. The minimum absolute atomic E-state index is 0.0111. The third-order valence-corrected chi connectivity index (χ3v) is 11.3. The van der Waals surface area contributed by atoms with Crippen molar-refractivity contribution in [2.45, 2.75) is 50.8 Å². The van der Waals surface area contributed by atoms with E-state index in [9.17, 15) is 10.2 Å². The molecule has 2 aliphatic heterocycles. The number of aromatic nitrogens is 4. The molecule has 2 aromatic carbocycles. The van der Waals surface area contributed by atoms with Crippen molar-refractivity contribution in [1.82, 2.24) is 24.2 Å². The fourth-order valence-corrected chi connectivity index (χ4v) is 8.94. The van der Waals surface area contributed by atoms with Gasteiger partial charge in [-0.25, -0.2) is 18.1 Å². The van der Waals surface area contributed by atoms with Crippen LogP contribution >= 0.6 is 11.5 Å². The predicted molar refractivity (Wildman–Crippen MR) is 193 cm³/mol. The summed E-state index contributed by atoms with van der Waals surface area (Å²) >= 11 is 1.45. The summed E-state index contributed by atoms with van der Waals surface area (Å²) in [5, 5.41) is 24.2. The molecule has 270 valence electrons. The lowest BCUT2D eigenvalue weighted by Crippen LogP contribution is -2.51. The van der Waals surface area contributed by atoms with Crippen LogP contribution in [-0.2, 0) is 11.3 Å². The number of rotatable bonds is 8. The lowest BCUT2D eigenvalue weighted by Gasteiger charge is -2.46. The molecule has 0 amide bonds. The third-order valence-electron chi connectivity index (χ3n) is 10.7. The maximum atomic E-state index is 17.2. The number of likely N-dealkylation sites (tertiary alicyclic amines) is 1. The van der Waals surface area contributed by atoms with E-state index in [1.165, 1.54) is 48.5 Å². The van der Waals surface area contributed by atoms with Gasteiger partial charge in [-0.3, -0.25) is 4.90 Å². The number of aliphatic hydroxyl groups is 1. The minimum atomic E-state index is -0.861. The van der Waals surface area contributed by atoms with Crippen molar-refractivity contribution in [3.63, 3.8) is 0 Å². The summed E-state index contributed by atoms with van der Waals surface area (Å²) in [6.07, 6.45) is 11.9. The molecule has 2 N–H and O–H groups in total. The van der Waals surface area contributed by atoms with E-state index < -0.39 is 17.7 Å². The molecular weight excluding hydrogens is 691 g/mol. The van der Waals surface area contributed by atoms with Crippen LogP contribution in [0.2, 0.25) is 0 Å². The van der Waals surface area contributed by atoms with Gasteiger partial charge in [0.2, 0.25) is 5.88 Å². The summed E-state index contributed by atoms with van der Waals surface area (Å²) in [4.78, 5) is 18.4. The van der Waals surface area contributed by atoms with Crippen LogP contribution in [0.1, 0.15) is 43.2 Å². The van der Waals surface area contributed by atoms with Crippen LogP contribution in [0.5, 0.6) is 17.6 Å². The highest BCUT2D eigenvalue weighted by molar-refractivity contribution is 7.03. The van der Waals surface area contributed by atoms with Gasteiger partial charge < -0.3 is 29.3 Å². The number of aliphatic hydroxyl groups excluding tert-OH is 1. The molecule has 3 aliphatic rings. The highest BCUT2D eigenvalue weighted by atomic mass is 32.1. The Kier molecular flexibility index (Phi) is 9.29. The number of hydrogen-bond donors (Lipinski definition) is 2. The summed E-state index contributed by atoms with van der Waals surface area (Å²) < 4.78 is 54.4. The molecule has 14 heteroatoms. The van der Waals surface area contributed by atoms with Crippen LogP contribution in [0.15, 0.2) is 35.8 Å². The number of methoxy groups -OCH3 is 1. The van der Waals surface area contributed by atoms with E-state index in [4.69, 9.17) is 25.6 Å². The molecular formula is C38H38F2N6O5S. The van der Waals surface area contributed by atoms with Gasteiger partial charge >= 0.3 is 6.01 Å². The Labute approximate surface area is 303 Å². The van der Waals surface area contributed by atoms with Crippen LogP contribution in [0.4, 0.5) is 14.6 Å². The molecule has 0 bridgehead atoms. The highest BCUT2D eigenvalue weighted by Gasteiger charge is 2.48. The van der Waals surface area contributed by atoms with Crippen molar-refractivity contribution < 1.29 is 33.2 Å². The second-order valence-electron chi connectivity index (χ2n) is 13.8. The maximum absolute atomic E-state index is 17.2. The quantitative estimate of drug-likeness (QED) is 0.192. The topological polar surface area (TPSA) is 126 Å². The average molecular weight is 729 g/mol. The van der Waals surface area contributed by atoms with Crippen molar-refractivity contribution >= 4 is 39.0 Å². The zero-order valence-electron chi connectivity index (χ0n) is 28.6. The highest BCUT2D eigenvalue weighted by Crippen LogP contribution is 2.49. The van der Waals surface area contributed by atoms with Gasteiger partial charge in [-0.2, -0.15) is 9.97 Å². The lowest BCUT2D eigenvalue weighted by molar-refractivity contribution is -0.00451. The number of hydrogen-bond acceptors (Lipinski definition) is 12. The number of ether oxygens (including phenoxy) is 3. The molecule has 5 aromatic rings. The maximum Gasteiger partial charge on any atom is 0.319 e. The largest absolute Gasteiger partial charge is 0.508 e. The standard InChI is InChI=1S/C38H38F2N6O5S/c1-3-26-28(39)8-7-23-14-24(47)15-27(30(23)26)33-32(40)34-31(36(42-33)49-2)35(46-12-13-50-19-25(48)18-46)44-37(43-34)51-21-38-9-4-6-29(38)45(11-5-10-38)17-22-16-41-52-20-22/h1,7-8,14-16,20,25,29,47-48H,4-6,9-13,17-19,21H2,2H3. The number of terminal acetylenes is 1. The average Bonchev–Trinajstić information content (AvgIpc) is 3.77. The first kappa shape index (κ1) is 34.4. The van der Waals surface area contributed by atoms with E-state index in [1.54, 1.807) is 4.90 Å². The second kappa shape index (κ2) is 14.0. The van der Waals surface area contributed by atoms with Crippen LogP contribution in [0.3, 0.4) is 0 Å². The van der Waals surface area contributed by atoms with Gasteiger partial charge in [0.1, 0.15) is 34.0 Å². The number of fused-ring (bicyclic) bond motifs is 3. The molecule has 0 spiro atoms. The van der Waals surface area contributed by atoms with Crippen LogP contribution in [0.25, 0.3) is 32.9 Å². The molecule has 11 nitrogen and oxygen atoms in total. The number of halogens is 2. The molecule has 52 heavy (non-hydrogen) atoms. The normalized spacial score (nSPS) is 22.3. The Balaban J connectivity index is 1.26. The monoisotopic (exact) mass is 728 g/mol. The number of phenolic OH excluding ortho intramolecular Hbond substituents is 1. The number of nitrogens with zero attached hydrogens (tertiary/aromatic N) is 6. The van der Waals surface area contributed by atoms with Crippen molar-refractivity contribution in [2.75, 3.05) is 51.5 Å². The van der Waals surface area contributed by atoms with E-state index in [0.29, 0.717) is 31.2 Å². The van der Waals surface area contributed by atoms with Gasteiger partial charge in [0, 0.05) is 53.6 Å². The van der Waals surface area contributed by atoms with Gasteiger partial charge in [0.05, 0.1) is 38.6 Å². The summed E-state index contributed by atoms with van der Waals surface area (Å²) in [7, 11) is 1.39. The Hall–Kier alpha value is -4.68. The summed E-state index contributed by atoms with van der Waals surface area (Å²) in [6, 6.07) is 5.65. The summed E-state index contributed by atoms with van der Waals surface area (Å²) in [6.45, 7) is 3.09. The first-order valence-electron chi connectivity index (χ1n) is 17.4. The van der Waals surface area contributed by atoms with Crippen molar-refractivity contribution in [2.24, 2.45) is 5.41 Å². The molecule has 0 radical (unpaired) electrons. The van der Waals surface area contributed by atoms with Crippen molar-refractivity contribution in [3.05, 3.63) is 58.6 Å².